The highest BCUT2D eigenvalue weighted by molar-refractivity contribution is 7.99. The normalized spacial score (nSPS) is 12.6. The molecule has 0 amide bonds. The molecule has 0 bridgehead atoms. The van der Waals surface area contributed by atoms with Gasteiger partial charge in [-0.3, -0.25) is 9.59 Å². The zero-order chi connectivity index (χ0) is 19.5. The molecule has 28 heavy (non-hydrogen) atoms. The van der Waals surface area contributed by atoms with Crippen LogP contribution in [0.4, 0.5) is 0 Å². The number of aliphatic hydroxyl groups excluding tert-OH is 1. The van der Waals surface area contributed by atoms with Crippen molar-refractivity contribution in [2.24, 2.45) is 0 Å². The summed E-state index contributed by atoms with van der Waals surface area (Å²) in [5.41, 5.74) is 3.05. The molecule has 0 aromatic heterocycles. The van der Waals surface area contributed by atoms with E-state index in [0.717, 1.165) is 15.5 Å². The Morgan fingerprint density at radius 2 is 1.29 bits per heavy atom. The first-order chi connectivity index (χ1) is 13.7. The summed E-state index contributed by atoms with van der Waals surface area (Å²) < 4.78 is 0. The van der Waals surface area contributed by atoms with Crippen LogP contribution in [0.15, 0.2) is 76.5 Å². The Kier molecular flexibility index (Phi) is 5.67. The summed E-state index contributed by atoms with van der Waals surface area (Å²) >= 11 is 2.97. The third-order valence-electron chi connectivity index (χ3n) is 4.58. The summed E-state index contributed by atoms with van der Waals surface area (Å²) in [5, 5.41) is 9.15. The second kappa shape index (κ2) is 8.35. The third kappa shape index (κ3) is 3.53. The molecule has 0 unspecified atom stereocenters. The van der Waals surface area contributed by atoms with Gasteiger partial charge in [0, 0.05) is 43.6 Å². The molecule has 0 fully saturated rings. The summed E-state index contributed by atoms with van der Waals surface area (Å²) in [4.78, 5) is 28.1. The maximum Gasteiger partial charge on any atom is 0.196 e. The average Bonchev–Trinajstić information content (AvgIpc) is 2.74. The fourth-order valence-corrected chi connectivity index (χ4v) is 5.18. The zero-order valence-corrected chi connectivity index (χ0v) is 16.7. The molecule has 0 aliphatic heterocycles. The van der Waals surface area contributed by atoms with Crippen molar-refractivity contribution < 1.29 is 14.7 Å². The van der Waals surface area contributed by atoms with Crippen molar-refractivity contribution in [2.45, 2.75) is 15.5 Å². The van der Waals surface area contributed by atoms with Crippen molar-refractivity contribution in [3.05, 3.63) is 94.5 Å². The molecule has 0 saturated heterocycles. The number of ketones is 2. The lowest BCUT2D eigenvalue weighted by atomic mass is 9.84. The lowest BCUT2D eigenvalue weighted by molar-refractivity contribution is 0.0974. The molecule has 0 atom stereocenters. The summed E-state index contributed by atoms with van der Waals surface area (Å²) in [6.07, 6.45) is 0. The maximum absolute atomic E-state index is 13.4. The molecule has 140 valence electrons. The molecule has 3 aromatic rings. The first kappa shape index (κ1) is 19.0. The molecule has 0 radical (unpaired) electrons. The van der Waals surface area contributed by atoms with Crippen molar-refractivity contribution >= 4 is 35.1 Å². The first-order valence-electron chi connectivity index (χ1n) is 8.96. The lowest BCUT2D eigenvalue weighted by Crippen LogP contribution is -2.22. The molecule has 1 aliphatic carbocycles. The first-order valence-corrected chi connectivity index (χ1v) is 10.9. The molecule has 1 N–H and O–H groups in total. The van der Waals surface area contributed by atoms with Crippen molar-refractivity contribution in [2.75, 3.05) is 12.4 Å². The van der Waals surface area contributed by atoms with Crippen LogP contribution in [0.3, 0.4) is 0 Å². The quantitative estimate of drug-likeness (QED) is 0.465. The number of carbonyl (C=O) groups is 2. The Labute approximate surface area is 172 Å². The second-order valence-corrected chi connectivity index (χ2v) is 8.52. The molecule has 3 aromatic carbocycles. The Balaban J connectivity index is 1.74. The molecule has 0 saturated carbocycles. The van der Waals surface area contributed by atoms with Crippen LogP contribution in [0.1, 0.15) is 37.4 Å². The summed E-state index contributed by atoms with van der Waals surface area (Å²) in [5.74, 6) is 0.988. The van der Waals surface area contributed by atoms with Gasteiger partial charge in [0.2, 0.25) is 0 Å². The maximum atomic E-state index is 13.4. The Bertz CT molecular complexity index is 1040. The number of rotatable bonds is 6. The van der Waals surface area contributed by atoms with E-state index in [1.807, 2.05) is 48.5 Å². The van der Waals surface area contributed by atoms with Crippen molar-refractivity contribution in [3.8, 4) is 0 Å². The van der Waals surface area contributed by atoms with Gasteiger partial charge in [0.1, 0.15) is 0 Å². The topological polar surface area (TPSA) is 54.4 Å². The van der Waals surface area contributed by atoms with Gasteiger partial charge in [-0.15, -0.1) is 23.5 Å². The van der Waals surface area contributed by atoms with Crippen molar-refractivity contribution in [1.29, 1.82) is 0 Å². The number of hydrogen-bond acceptors (Lipinski definition) is 5. The fraction of sp³-hybridized carbons (Fsp3) is 0.130. The average molecular weight is 407 g/mol. The summed E-state index contributed by atoms with van der Waals surface area (Å²) in [6.45, 7) is 0.0191. The smallest absolute Gasteiger partial charge is 0.196 e. The molecule has 3 nitrogen and oxygen atoms in total. The highest BCUT2D eigenvalue weighted by Gasteiger charge is 2.33. The summed E-state index contributed by atoms with van der Waals surface area (Å²) in [6, 6.07) is 20.9. The lowest BCUT2D eigenvalue weighted by Gasteiger charge is -2.22. The van der Waals surface area contributed by atoms with Crippen LogP contribution >= 0.6 is 23.5 Å². The Morgan fingerprint density at radius 1 is 0.679 bits per heavy atom. The van der Waals surface area contributed by atoms with Crippen LogP contribution in [0.2, 0.25) is 0 Å². The van der Waals surface area contributed by atoms with Gasteiger partial charge in [0.05, 0.1) is 6.61 Å². The van der Waals surface area contributed by atoms with Gasteiger partial charge in [0.15, 0.2) is 11.6 Å². The van der Waals surface area contributed by atoms with Gasteiger partial charge in [-0.1, -0.05) is 54.6 Å². The van der Waals surface area contributed by atoms with Crippen molar-refractivity contribution in [3.63, 3.8) is 0 Å². The third-order valence-corrected chi connectivity index (χ3v) is 6.75. The molecule has 0 heterocycles. The van der Waals surface area contributed by atoms with E-state index in [2.05, 4.69) is 0 Å². The standard InChI is InChI=1S/C23H18O3S2/c24-12-13-27-18-10-4-8-16-20(18)23(26)21-17(22(16)25)9-5-11-19(21)28-14-15-6-2-1-3-7-15/h1-11,24H,12-14H2. The van der Waals surface area contributed by atoms with Gasteiger partial charge in [-0.2, -0.15) is 0 Å². The van der Waals surface area contributed by atoms with E-state index in [-0.39, 0.29) is 18.2 Å². The highest BCUT2D eigenvalue weighted by Crippen LogP contribution is 2.38. The number of aliphatic hydroxyl groups is 1. The van der Waals surface area contributed by atoms with E-state index in [4.69, 9.17) is 5.11 Å². The molecule has 0 spiro atoms. The van der Waals surface area contributed by atoms with Crippen LogP contribution in [-0.4, -0.2) is 29.0 Å². The highest BCUT2D eigenvalue weighted by atomic mass is 32.2. The van der Waals surface area contributed by atoms with E-state index in [9.17, 15) is 9.59 Å². The minimum absolute atomic E-state index is 0.0191. The minimum atomic E-state index is -0.113. The van der Waals surface area contributed by atoms with E-state index in [0.29, 0.717) is 28.0 Å². The molecule has 5 heteroatoms. The van der Waals surface area contributed by atoms with Gasteiger partial charge in [0.25, 0.3) is 0 Å². The molecule has 1 aliphatic rings. The number of benzene rings is 3. The van der Waals surface area contributed by atoms with Crippen LogP contribution < -0.4 is 0 Å². The second-order valence-electron chi connectivity index (χ2n) is 6.36. The number of fused-ring (bicyclic) bond motifs is 2. The molecule has 4 rings (SSSR count). The van der Waals surface area contributed by atoms with E-state index < -0.39 is 0 Å². The van der Waals surface area contributed by atoms with Gasteiger partial charge >= 0.3 is 0 Å². The van der Waals surface area contributed by atoms with Crippen molar-refractivity contribution in [1.82, 2.24) is 0 Å². The Hall–Kier alpha value is -2.34. The minimum Gasteiger partial charge on any atom is -0.396 e. The Morgan fingerprint density at radius 3 is 1.89 bits per heavy atom. The zero-order valence-electron chi connectivity index (χ0n) is 15.1. The SMILES string of the molecule is O=C1c2cccc(SCCO)c2C(=O)c2c(SCc3ccccc3)cccc21. The molecular weight excluding hydrogens is 388 g/mol. The van der Waals surface area contributed by atoms with Crippen LogP contribution in [0.5, 0.6) is 0 Å². The summed E-state index contributed by atoms with van der Waals surface area (Å²) in [7, 11) is 0. The number of carbonyl (C=O) groups excluding carboxylic acids is 2. The monoisotopic (exact) mass is 406 g/mol. The number of thioether (sulfide) groups is 2. The largest absolute Gasteiger partial charge is 0.396 e. The van der Waals surface area contributed by atoms with E-state index in [1.54, 1.807) is 30.0 Å². The van der Waals surface area contributed by atoms with Gasteiger partial charge < -0.3 is 5.11 Å². The van der Waals surface area contributed by atoms with Gasteiger partial charge in [-0.25, -0.2) is 0 Å². The van der Waals surface area contributed by atoms with Gasteiger partial charge in [-0.05, 0) is 17.7 Å². The predicted molar refractivity (Wildman–Crippen MR) is 114 cm³/mol. The van der Waals surface area contributed by atoms with E-state index in [1.165, 1.54) is 17.3 Å². The van der Waals surface area contributed by atoms with Crippen LogP contribution in [-0.2, 0) is 5.75 Å². The van der Waals surface area contributed by atoms with E-state index >= 15 is 0 Å². The van der Waals surface area contributed by atoms with Crippen LogP contribution in [0.25, 0.3) is 0 Å². The van der Waals surface area contributed by atoms with Crippen LogP contribution in [0, 0.1) is 0 Å². The number of hydrogen-bond donors (Lipinski definition) is 1. The predicted octanol–water partition coefficient (Wildman–Crippen LogP) is 4.84. The fourth-order valence-electron chi connectivity index (χ4n) is 3.31. The molecular formula is C23H18O3S2.